The van der Waals surface area contributed by atoms with Gasteiger partial charge in [-0.3, -0.25) is 9.59 Å². The van der Waals surface area contributed by atoms with Crippen molar-refractivity contribution in [1.82, 2.24) is 10.6 Å². The van der Waals surface area contributed by atoms with Crippen molar-refractivity contribution < 1.29 is 19.1 Å². The lowest BCUT2D eigenvalue weighted by Crippen LogP contribution is -2.45. The van der Waals surface area contributed by atoms with E-state index in [0.29, 0.717) is 13.2 Å². The number of rotatable bonds is 3. The molecule has 0 aromatic rings. The third kappa shape index (κ3) is 3.67. The van der Waals surface area contributed by atoms with Crippen molar-refractivity contribution in [2.45, 2.75) is 57.5 Å². The van der Waals surface area contributed by atoms with E-state index >= 15 is 0 Å². The van der Waals surface area contributed by atoms with E-state index in [0.717, 1.165) is 25.7 Å². The Labute approximate surface area is 113 Å². The molecular formula is C13H22N2O4. The number of amides is 2. The van der Waals surface area contributed by atoms with Gasteiger partial charge in [0.15, 0.2) is 5.79 Å². The van der Waals surface area contributed by atoms with Gasteiger partial charge in [-0.05, 0) is 26.7 Å². The largest absolute Gasteiger partial charge is 0.347 e. The van der Waals surface area contributed by atoms with Gasteiger partial charge in [0.05, 0.1) is 6.61 Å². The molecular weight excluding hydrogens is 248 g/mol. The Morgan fingerprint density at radius 1 is 1.26 bits per heavy atom. The zero-order valence-corrected chi connectivity index (χ0v) is 11.5. The SMILES string of the molecule is CC(C)NC(=O)C(=O)NC[C@@H]1COC2(CCCC2)O1. The zero-order valence-electron chi connectivity index (χ0n) is 11.5. The van der Waals surface area contributed by atoms with E-state index in [4.69, 9.17) is 9.47 Å². The molecule has 108 valence electrons. The first-order chi connectivity index (χ1) is 9.01. The quantitative estimate of drug-likeness (QED) is 0.724. The summed E-state index contributed by atoms with van der Waals surface area (Å²) in [4.78, 5) is 22.9. The summed E-state index contributed by atoms with van der Waals surface area (Å²) >= 11 is 0. The van der Waals surface area contributed by atoms with Gasteiger partial charge in [0.25, 0.3) is 0 Å². The molecule has 2 rings (SSSR count). The smallest absolute Gasteiger partial charge is 0.309 e. The Balaban J connectivity index is 1.71. The summed E-state index contributed by atoms with van der Waals surface area (Å²) in [5, 5.41) is 5.12. The number of carbonyl (C=O) groups is 2. The molecule has 2 fully saturated rings. The number of hydrogen-bond acceptors (Lipinski definition) is 4. The van der Waals surface area contributed by atoms with E-state index in [1.54, 1.807) is 0 Å². The summed E-state index contributed by atoms with van der Waals surface area (Å²) in [5.41, 5.74) is 0. The van der Waals surface area contributed by atoms with E-state index in [1.165, 1.54) is 0 Å². The molecule has 1 spiro atoms. The van der Waals surface area contributed by atoms with Crippen LogP contribution in [-0.2, 0) is 19.1 Å². The Morgan fingerprint density at radius 2 is 1.95 bits per heavy atom. The van der Waals surface area contributed by atoms with Crippen molar-refractivity contribution in [3.05, 3.63) is 0 Å². The summed E-state index contributed by atoms with van der Waals surface area (Å²) < 4.78 is 11.5. The molecule has 1 aliphatic heterocycles. The van der Waals surface area contributed by atoms with Gasteiger partial charge in [-0.1, -0.05) is 0 Å². The highest BCUT2D eigenvalue weighted by atomic mass is 16.7. The standard InChI is InChI=1S/C13H22N2O4/c1-9(2)15-12(17)11(16)14-7-10-8-18-13(19-10)5-3-4-6-13/h9-10H,3-8H2,1-2H3,(H,14,16)(H,15,17)/t10-/m1/s1. The molecule has 1 saturated heterocycles. The molecule has 1 saturated carbocycles. The van der Waals surface area contributed by atoms with Gasteiger partial charge in [0.1, 0.15) is 6.10 Å². The van der Waals surface area contributed by atoms with E-state index in [9.17, 15) is 9.59 Å². The van der Waals surface area contributed by atoms with Crippen molar-refractivity contribution in [3.63, 3.8) is 0 Å². The molecule has 19 heavy (non-hydrogen) atoms. The minimum atomic E-state index is -0.621. The van der Waals surface area contributed by atoms with Gasteiger partial charge in [-0.15, -0.1) is 0 Å². The normalized spacial score (nSPS) is 24.9. The van der Waals surface area contributed by atoms with Crippen molar-refractivity contribution >= 4 is 11.8 Å². The second kappa shape index (κ2) is 5.88. The summed E-state index contributed by atoms with van der Waals surface area (Å²) in [5.74, 6) is -1.65. The van der Waals surface area contributed by atoms with Gasteiger partial charge in [0, 0.05) is 25.4 Å². The molecule has 1 aliphatic carbocycles. The lowest BCUT2D eigenvalue weighted by Gasteiger charge is -2.21. The maximum Gasteiger partial charge on any atom is 0.309 e. The van der Waals surface area contributed by atoms with Crippen LogP contribution < -0.4 is 10.6 Å². The van der Waals surface area contributed by atoms with Crippen LogP contribution in [0.3, 0.4) is 0 Å². The highest BCUT2D eigenvalue weighted by Gasteiger charge is 2.43. The average Bonchev–Trinajstić information content (AvgIpc) is 2.96. The Hall–Kier alpha value is -1.14. The highest BCUT2D eigenvalue weighted by Crippen LogP contribution is 2.38. The second-order valence-electron chi connectivity index (χ2n) is 5.51. The molecule has 0 aromatic heterocycles. The Kier molecular flexibility index (Phi) is 4.42. The van der Waals surface area contributed by atoms with Gasteiger partial charge in [0.2, 0.25) is 0 Å². The van der Waals surface area contributed by atoms with Gasteiger partial charge in [-0.25, -0.2) is 0 Å². The van der Waals surface area contributed by atoms with Crippen LogP contribution in [-0.4, -0.2) is 42.9 Å². The van der Waals surface area contributed by atoms with Crippen molar-refractivity contribution in [2.75, 3.05) is 13.2 Å². The molecule has 6 nitrogen and oxygen atoms in total. The summed E-state index contributed by atoms with van der Waals surface area (Å²) in [6.45, 7) is 4.41. The molecule has 1 heterocycles. The van der Waals surface area contributed by atoms with Gasteiger partial charge in [-0.2, -0.15) is 0 Å². The van der Waals surface area contributed by atoms with E-state index in [2.05, 4.69) is 10.6 Å². The van der Waals surface area contributed by atoms with Crippen LogP contribution in [0.15, 0.2) is 0 Å². The van der Waals surface area contributed by atoms with Crippen LogP contribution in [0.1, 0.15) is 39.5 Å². The highest BCUT2D eigenvalue weighted by molar-refractivity contribution is 6.35. The van der Waals surface area contributed by atoms with Crippen LogP contribution in [0, 0.1) is 0 Å². The number of hydrogen-bond donors (Lipinski definition) is 2. The third-order valence-corrected chi connectivity index (χ3v) is 3.40. The minimum Gasteiger partial charge on any atom is -0.347 e. The maximum atomic E-state index is 11.5. The number of ether oxygens (including phenoxy) is 2. The van der Waals surface area contributed by atoms with Crippen LogP contribution in [0.25, 0.3) is 0 Å². The first-order valence-electron chi connectivity index (χ1n) is 6.91. The van der Waals surface area contributed by atoms with Crippen molar-refractivity contribution in [1.29, 1.82) is 0 Å². The molecule has 0 aromatic carbocycles. The van der Waals surface area contributed by atoms with Gasteiger partial charge >= 0.3 is 11.8 Å². The molecule has 2 aliphatic rings. The molecule has 0 unspecified atom stereocenters. The predicted molar refractivity (Wildman–Crippen MR) is 68.3 cm³/mol. The summed E-state index contributed by atoms with van der Waals surface area (Å²) in [6, 6.07) is -0.0499. The molecule has 0 bridgehead atoms. The van der Waals surface area contributed by atoms with Gasteiger partial charge < -0.3 is 20.1 Å². The van der Waals surface area contributed by atoms with Crippen LogP contribution >= 0.6 is 0 Å². The van der Waals surface area contributed by atoms with Crippen molar-refractivity contribution in [3.8, 4) is 0 Å². The lowest BCUT2D eigenvalue weighted by atomic mass is 10.2. The van der Waals surface area contributed by atoms with E-state index in [1.807, 2.05) is 13.8 Å². The third-order valence-electron chi connectivity index (χ3n) is 3.40. The number of carbonyl (C=O) groups excluding carboxylic acids is 2. The van der Waals surface area contributed by atoms with Crippen LogP contribution in [0.2, 0.25) is 0 Å². The minimum absolute atomic E-state index is 0.0499. The first kappa shape index (κ1) is 14.3. The maximum absolute atomic E-state index is 11.5. The number of nitrogens with one attached hydrogen (secondary N) is 2. The first-order valence-corrected chi connectivity index (χ1v) is 6.91. The molecule has 2 amide bonds. The van der Waals surface area contributed by atoms with E-state index in [-0.39, 0.29) is 12.1 Å². The monoisotopic (exact) mass is 270 g/mol. The molecule has 1 atom stereocenters. The topological polar surface area (TPSA) is 76.7 Å². The van der Waals surface area contributed by atoms with Crippen LogP contribution in [0.4, 0.5) is 0 Å². The molecule has 6 heteroatoms. The fourth-order valence-corrected chi connectivity index (χ4v) is 2.51. The predicted octanol–water partition coefficient (Wildman–Crippen LogP) is 0.313. The Bertz CT molecular complexity index is 351. The Morgan fingerprint density at radius 3 is 2.58 bits per heavy atom. The van der Waals surface area contributed by atoms with Crippen molar-refractivity contribution in [2.24, 2.45) is 0 Å². The second-order valence-corrected chi connectivity index (χ2v) is 5.51. The fraction of sp³-hybridized carbons (Fsp3) is 0.846. The zero-order chi connectivity index (χ0) is 13.9. The molecule has 2 N–H and O–H groups in total. The van der Waals surface area contributed by atoms with E-state index < -0.39 is 17.6 Å². The van der Waals surface area contributed by atoms with Crippen LogP contribution in [0.5, 0.6) is 0 Å². The molecule has 0 radical (unpaired) electrons. The summed E-state index contributed by atoms with van der Waals surface area (Å²) in [7, 11) is 0. The average molecular weight is 270 g/mol. The lowest BCUT2D eigenvalue weighted by molar-refractivity contribution is -0.161. The fourth-order valence-electron chi connectivity index (χ4n) is 2.51. The summed E-state index contributed by atoms with van der Waals surface area (Å²) in [6.07, 6.45) is 3.93.